The van der Waals surface area contributed by atoms with Crippen molar-refractivity contribution < 1.29 is 23.1 Å². The van der Waals surface area contributed by atoms with Crippen molar-refractivity contribution in [2.24, 2.45) is 5.73 Å². The van der Waals surface area contributed by atoms with Gasteiger partial charge in [-0.1, -0.05) is 6.92 Å². The number of amides is 3. The van der Waals surface area contributed by atoms with Gasteiger partial charge in [0.05, 0.1) is 19.0 Å². The summed E-state index contributed by atoms with van der Waals surface area (Å²) < 4.78 is 35.6. The van der Waals surface area contributed by atoms with Gasteiger partial charge in [-0.15, -0.1) is 0 Å². The van der Waals surface area contributed by atoms with E-state index in [9.17, 15) is 18.4 Å². The molecule has 0 saturated heterocycles. The number of nitrogens with zero attached hydrogens (tertiary/aromatic N) is 3. The monoisotopic (exact) mass is 580 g/mol. The highest BCUT2D eigenvalue weighted by Crippen LogP contribution is 2.31. The fourth-order valence-corrected chi connectivity index (χ4v) is 4.37. The van der Waals surface area contributed by atoms with E-state index in [-0.39, 0.29) is 23.3 Å². The van der Waals surface area contributed by atoms with Crippen molar-refractivity contribution >= 4 is 29.1 Å². The predicted octanol–water partition coefficient (Wildman–Crippen LogP) is 3.76. The molecule has 0 saturated carbocycles. The molecule has 42 heavy (non-hydrogen) atoms. The van der Waals surface area contributed by atoms with Gasteiger partial charge in [-0.3, -0.25) is 9.20 Å². The molecule has 3 amide bonds. The van der Waals surface area contributed by atoms with E-state index in [2.05, 4.69) is 31.2 Å². The standard InChI is InChI=1S/C29H34F2N8O3/c1-3-18-16-19(6-7-20(18)28(40)34-12-5-13-36-29(41)35-11-4-10-32)38-26-27-37-17-22(39(27)15-14-33-26)21-8-9-23(42-2)25(31)24(21)30/h6-9,14-17H,3-5,10-13,32H2,1-2H3,(H,33,38)(H,34,40)(H2,35,36,41). The minimum atomic E-state index is -1.08. The maximum absolute atomic E-state index is 14.8. The van der Waals surface area contributed by atoms with Crippen LogP contribution in [0.3, 0.4) is 0 Å². The summed E-state index contributed by atoms with van der Waals surface area (Å²) in [4.78, 5) is 33.3. The summed E-state index contributed by atoms with van der Waals surface area (Å²) in [6, 6.07) is 7.88. The van der Waals surface area contributed by atoms with Gasteiger partial charge in [0.2, 0.25) is 5.82 Å². The Labute approximate surface area is 241 Å². The molecule has 2 aromatic heterocycles. The summed E-state index contributed by atoms with van der Waals surface area (Å²) in [5, 5.41) is 11.6. The Kier molecular flexibility index (Phi) is 10.2. The Balaban J connectivity index is 1.42. The Bertz CT molecular complexity index is 1560. The third kappa shape index (κ3) is 6.92. The van der Waals surface area contributed by atoms with Crippen LogP contribution in [0.1, 0.15) is 35.7 Å². The molecule has 0 spiro atoms. The van der Waals surface area contributed by atoms with Crippen molar-refractivity contribution in [1.82, 2.24) is 30.3 Å². The van der Waals surface area contributed by atoms with E-state index >= 15 is 0 Å². The number of carbonyl (C=O) groups is 2. The number of halogens is 2. The first-order valence-corrected chi connectivity index (χ1v) is 13.6. The third-order valence-corrected chi connectivity index (χ3v) is 6.56. The Morgan fingerprint density at radius 3 is 2.50 bits per heavy atom. The van der Waals surface area contributed by atoms with Crippen LogP contribution in [0.2, 0.25) is 0 Å². The molecule has 6 N–H and O–H groups in total. The number of imidazole rings is 1. The number of nitrogens with one attached hydrogen (secondary N) is 4. The number of nitrogens with two attached hydrogens (primary N) is 1. The summed E-state index contributed by atoms with van der Waals surface area (Å²) >= 11 is 0. The number of rotatable bonds is 13. The number of carbonyl (C=O) groups excluding carboxylic acids is 2. The van der Waals surface area contributed by atoms with Gasteiger partial charge in [0, 0.05) is 48.8 Å². The second kappa shape index (κ2) is 14.2. The van der Waals surface area contributed by atoms with Crippen LogP contribution < -0.4 is 31.7 Å². The summed E-state index contributed by atoms with van der Waals surface area (Å²) in [6.45, 7) is 3.80. The number of fused-ring (bicyclic) bond motifs is 1. The van der Waals surface area contributed by atoms with E-state index in [0.717, 1.165) is 5.56 Å². The first kappa shape index (κ1) is 30.2. The van der Waals surface area contributed by atoms with E-state index in [4.69, 9.17) is 10.5 Å². The van der Waals surface area contributed by atoms with E-state index in [0.29, 0.717) is 73.9 Å². The van der Waals surface area contributed by atoms with Crippen molar-refractivity contribution in [1.29, 1.82) is 0 Å². The van der Waals surface area contributed by atoms with Crippen LogP contribution in [0.15, 0.2) is 48.9 Å². The van der Waals surface area contributed by atoms with Crippen molar-refractivity contribution in [3.63, 3.8) is 0 Å². The van der Waals surface area contributed by atoms with Gasteiger partial charge in [0.1, 0.15) is 0 Å². The zero-order valence-corrected chi connectivity index (χ0v) is 23.5. The van der Waals surface area contributed by atoms with Gasteiger partial charge in [0.25, 0.3) is 5.91 Å². The SMILES string of the molecule is CCc1cc(Nc2nccn3c(-c4ccc(OC)c(F)c4F)cnc23)ccc1C(=O)NCCCNC(=O)NCCCN. The zero-order valence-electron chi connectivity index (χ0n) is 23.5. The Morgan fingerprint density at radius 2 is 1.76 bits per heavy atom. The Morgan fingerprint density at radius 1 is 1.00 bits per heavy atom. The number of urea groups is 1. The second-order valence-corrected chi connectivity index (χ2v) is 9.34. The number of methoxy groups -OCH3 is 1. The molecule has 0 aliphatic carbocycles. The molecular formula is C29H34F2N8O3. The minimum Gasteiger partial charge on any atom is -0.494 e. The van der Waals surface area contributed by atoms with E-state index in [1.807, 2.05) is 13.0 Å². The fourth-order valence-electron chi connectivity index (χ4n) is 4.37. The van der Waals surface area contributed by atoms with Crippen LogP contribution in [-0.2, 0) is 6.42 Å². The van der Waals surface area contributed by atoms with Crippen LogP contribution in [0, 0.1) is 11.6 Å². The van der Waals surface area contributed by atoms with Crippen LogP contribution in [-0.4, -0.2) is 59.6 Å². The first-order valence-electron chi connectivity index (χ1n) is 13.6. The molecule has 0 aliphatic heterocycles. The molecule has 0 aliphatic rings. The fraction of sp³-hybridized carbons (Fsp3) is 0.310. The van der Waals surface area contributed by atoms with Crippen LogP contribution in [0.4, 0.5) is 25.1 Å². The second-order valence-electron chi connectivity index (χ2n) is 9.34. The molecule has 0 atom stereocenters. The van der Waals surface area contributed by atoms with E-state index in [1.165, 1.54) is 31.6 Å². The Hall–Kier alpha value is -4.78. The smallest absolute Gasteiger partial charge is 0.314 e. The molecule has 11 nitrogen and oxygen atoms in total. The molecule has 4 rings (SSSR count). The summed E-state index contributed by atoms with van der Waals surface area (Å²) in [7, 11) is 1.27. The van der Waals surface area contributed by atoms with Gasteiger partial charge >= 0.3 is 6.03 Å². The van der Waals surface area contributed by atoms with Gasteiger partial charge in [-0.2, -0.15) is 4.39 Å². The number of hydrogen-bond acceptors (Lipinski definition) is 7. The molecule has 0 unspecified atom stereocenters. The molecule has 13 heteroatoms. The zero-order chi connectivity index (χ0) is 30.1. The molecule has 0 fully saturated rings. The largest absolute Gasteiger partial charge is 0.494 e. The number of anilines is 2. The average molecular weight is 581 g/mol. The normalized spacial score (nSPS) is 10.9. The number of ether oxygens (including phenoxy) is 1. The molecule has 0 bridgehead atoms. The van der Waals surface area contributed by atoms with Crippen LogP contribution in [0.25, 0.3) is 16.9 Å². The first-order chi connectivity index (χ1) is 20.4. The number of hydrogen-bond donors (Lipinski definition) is 5. The maximum Gasteiger partial charge on any atom is 0.314 e. The number of aromatic nitrogens is 3. The van der Waals surface area contributed by atoms with Gasteiger partial charge < -0.3 is 31.7 Å². The molecule has 2 heterocycles. The van der Waals surface area contributed by atoms with Crippen LogP contribution in [0.5, 0.6) is 5.75 Å². The van der Waals surface area contributed by atoms with Crippen molar-refractivity contribution in [2.75, 3.05) is 38.6 Å². The van der Waals surface area contributed by atoms with Crippen LogP contribution >= 0.6 is 0 Å². The lowest BCUT2D eigenvalue weighted by Gasteiger charge is -2.13. The van der Waals surface area contributed by atoms with Crippen molar-refractivity contribution in [3.05, 3.63) is 71.7 Å². The van der Waals surface area contributed by atoms with Gasteiger partial charge in [-0.05, 0) is 61.7 Å². The average Bonchev–Trinajstić information content (AvgIpc) is 3.43. The lowest BCUT2D eigenvalue weighted by molar-refractivity contribution is 0.0952. The maximum atomic E-state index is 14.8. The van der Waals surface area contributed by atoms with Crippen molar-refractivity contribution in [3.8, 4) is 17.0 Å². The van der Waals surface area contributed by atoms with Gasteiger partial charge in [-0.25, -0.2) is 19.2 Å². The lowest BCUT2D eigenvalue weighted by atomic mass is 10.0. The predicted molar refractivity (Wildman–Crippen MR) is 156 cm³/mol. The lowest BCUT2D eigenvalue weighted by Crippen LogP contribution is -2.38. The highest BCUT2D eigenvalue weighted by atomic mass is 19.2. The van der Waals surface area contributed by atoms with Gasteiger partial charge in [0.15, 0.2) is 23.0 Å². The number of aryl methyl sites for hydroxylation is 1. The summed E-state index contributed by atoms with van der Waals surface area (Å²) in [5.74, 6) is -2.11. The summed E-state index contributed by atoms with van der Waals surface area (Å²) in [5.41, 5.74) is 8.23. The van der Waals surface area contributed by atoms with Crippen molar-refractivity contribution in [2.45, 2.75) is 26.2 Å². The molecule has 2 aromatic carbocycles. The highest BCUT2D eigenvalue weighted by molar-refractivity contribution is 5.96. The quantitative estimate of drug-likeness (QED) is 0.151. The summed E-state index contributed by atoms with van der Waals surface area (Å²) in [6.07, 6.45) is 6.48. The van der Waals surface area contributed by atoms with E-state index < -0.39 is 11.6 Å². The number of benzene rings is 2. The molecule has 222 valence electrons. The molecular weight excluding hydrogens is 546 g/mol. The van der Waals surface area contributed by atoms with E-state index in [1.54, 1.807) is 22.7 Å². The molecule has 0 radical (unpaired) electrons. The highest BCUT2D eigenvalue weighted by Gasteiger charge is 2.19. The third-order valence-electron chi connectivity index (χ3n) is 6.56. The topological polar surface area (TPSA) is 148 Å². The molecule has 4 aromatic rings. The minimum absolute atomic E-state index is 0.0307.